The lowest BCUT2D eigenvalue weighted by atomic mass is 9.80. The van der Waals surface area contributed by atoms with Crippen molar-refractivity contribution in [2.24, 2.45) is 11.3 Å². The van der Waals surface area contributed by atoms with Gasteiger partial charge in [-0.2, -0.15) is 0 Å². The molecule has 0 spiro atoms. The lowest BCUT2D eigenvalue weighted by Crippen LogP contribution is -2.47. The molecule has 2 aliphatic rings. The van der Waals surface area contributed by atoms with Gasteiger partial charge in [0.25, 0.3) is 0 Å². The second-order valence-electron chi connectivity index (χ2n) is 7.21. The number of pyridine rings is 1. The fraction of sp³-hybridized carbons (Fsp3) is 0.611. The van der Waals surface area contributed by atoms with Crippen LogP contribution in [0.5, 0.6) is 0 Å². The van der Waals surface area contributed by atoms with Gasteiger partial charge in [0, 0.05) is 71.6 Å². The molecule has 24 heavy (non-hydrogen) atoms. The maximum absolute atomic E-state index is 13.0. The molecule has 0 N–H and O–H groups in total. The van der Waals surface area contributed by atoms with Crippen LogP contribution in [-0.2, 0) is 16.1 Å². The largest absolute Gasteiger partial charge is 0.348 e. The normalized spacial score (nSPS) is 26.5. The summed E-state index contributed by atoms with van der Waals surface area (Å²) >= 11 is 0. The fourth-order valence-corrected chi connectivity index (χ4v) is 4.20. The van der Waals surface area contributed by atoms with Crippen molar-refractivity contribution >= 4 is 11.8 Å². The zero-order valence-electron chi connectivity index (χ0n) is 14.7. The number of amides is 2. The van der Waals surface area contributed by atoms with Crippen LogP contribution in [0.3, 0.4) is 0 Å². The third-order valence-electron chi connectivity index (χ3n) is 5.30. The van der Waals surface area contributed by atoms with Crippen molar-refractivity contribution in [2.75, 3.05) is 40.3 Å². The maximum atomic E-state index is 13.0. The van der Waals surface area contributed by atoms with Gasteiger partial charge >= 0.3 is 0 Å². The van der Waals surface area contributed by atoms with Crippen molar-refractivity contribution in [2.45, 2.75) is 19.9 Å². The van der Waals surface area contributed by atoms with Gasteiger partial charge in [0.15, 0.2) is 0 Å². The molecule has 0 unspecified atom stereocenters. The Bertz CT molecular complexity index is 619. The Hall–Kier alpha value is -1.95. The van der Waals surface area contributed by atoms with E-state index in [1.807, 2.05) is 38.2 Å². The lowest BCUT2D eigenvalue weighted by Gasteiger charge is -2.31. The highest BCUT2D eigenvalue weighted by atomic mass is 16.2. The summed E-state index contributed by atoms with van der Waals surface area (Å²) in [6.45, 7) is 5.47. The van der Waals surface area contributed by atoms with E-state index < -0.39 is 5.41 Å². The average Bonchev–Trinajstić information content (AvgIpc) is 3.08. The molecule has 6 nitrogen and oxygen atoms in total. The quantitative estimate of drug-likeness (QED) is 0.821. The summed E-state index contributed by atoms with van der Waals surface area (Å²) in [4.78, 5) is 35.1. The van der Waals surface area contributed by atoms with Crippen LogP contribution in [-0.4, -0.2) is 71.8 Å². The first kappa shape index (κ1) is 16.9. The Morgan fingerprint density at radius 3 is 2.75 bits per heavy atom. The van der Waals surface area contributed by atoms with E-state index in [4.69, 9.17) is 0 Å². The maximum Gasteiger partial charge on any atom is 0.231 e. The number of fused-ring (bicyclic) bond motifs is 1. The first-order valence-electron chi connectivity index (χ1n) is 8.57. The predicted octanol–water partition coefficient (Wildman–Crippen LogP) is 0.840. The van der Waals surface area contributed by atoms with Gasteiger partial charge in [0.05, 0.1) is 5.41 Å². The van der Waals surface area contributed by atoms with Gasteiger partial charge < -0.3 is 9.80 Å². The Morgan fingerprint density at radius 2 is 2.12 bits per heavy atom. The molecule has 2 atom stereocenters. The van der Waals surface area contributed by atoms with Crippen molar-refractivity contribution in [3.8, 4) is 0 Å². The second-order valence-corrected chi connectivity index (χ2v) is 7.21. The van der Waals surface area contributed by atoms with Gasteiger partial charge in [-0.3, -0.25) is 19.5 Å². The Kier molecular flexibility index (Phi) is 4.58. The van der Waals surface area contributed by atoms with Gasteiger partial charge in [-0.15, -0.1) is 0 Å². The number of hydrogen-bond acceptors (Lipinski definition) is 4. The Morgan fingerprint density at radius 1 is 1.33 bits per heavy atom. The molecule has 3 heterocycles. The van der Waals surface area contributed by atoms with Crippen LogP contribution in [0.25, 0.3) is 0 Å². The molecule has 0 radical (unpaired) electrons. The van der Waals surface area contributed by atoms with E-state index in [9.17, 15) is 9.59 Å². The van der Waals surface area contributed by atoms with Crippen LogP contribution in [0.15, 0.2) is 24.5 Å². The third-order valence-corrected chi connectivity index (χ3v) is 5.30. The Balaban J connectivity index is 1.79. The van der Waals surface area contributed by atoms with Gasteiger partial charge in [0.2, 0.25) is 11.8 Å². The van der Waals surface area contributed by atoms with Gasteiger partial charge in [-0.25, -0.2) is 0 Å². The predicted molar refractivity (Wildman–Crippen MR) is 91.0 cm³/mol. The minimum atomic E-state index is -0.462. The summed E-state index contributed by atoms with van der Waals surface area (Å²) < 4.78 is 0. The number of likely N-dealkylation sites (tertiary alicyclic amines) is 2. The smallest absolute Gasteiger partial charge is 0.231 e. The van der Waals surface area contributed by atoms with Crippen LogP contribution in [0, 0.1) is 11.3 Å². The molecule has 6 heteroatoms. The van der Waals surface area contributed by atoms with Gasteiger partial charge in [-0.05, 0) is 11.6 Å². The van der Waals surface area contributed by atoms with Crippen molar-refractivity contribution < 1.29 is 9.59 Å². The van der Waals surface area contributed by atoms with E-state index in [1.165, 1.54) is 0 Å². The second kappa shape index (κ2) is 6.51. The van der Waals surface area contributed by atoms with E-state index in [-0.39, 0.29) is 17.7 Å². The van der Waals surface area contributed by atoms with Crippen molar-refractivity contribution in [3.05, 3.63) is 30.1 Å². The molecule has 130 valence electrons. The summed E-state index contributed by atoms with van der Waals surface area (Å²) in [6.07, 6.45) is 4.15. The molecule has 0 aromatic carbocycles. The molecule has 3 rings (SSSR count). The average molecular weight is 330 g/mol. The van der Waals surface area contributed by atoms with Crippen LogP contribution in [0.1, 0.15) is 18.9 Å². The SMILES string of the molecule is CCC(=O)N1C[C@@H]2CN(Cc3cccnc3)C[C@]2(C(=O)N(C)C)C1. The number of aromatic nitrogens is 1. The molecular formula is C18H26N4O2. The molecule has 0 aliphatic carbocycles. The molecule has 0 saturated carbocycles. The van der Waals surface area contributed by atoms with Crippen LogP contribution in [0.4, 0.5) is 0 Å². The van der Waals surface area contributed by atoms with Gasteiger partial charge in [0.1, 0.15) is 0 Å². The standard InChI is InChI=1S/C18H26N4O2/c1-4-16(23)22-11-15-10-21(9-14-6-5-7-19-8-14)12-18(15,13-22)17(24)20(2)3/h5-8,15H,4,9-13H2,1-3H3/t15-,18-/m0/s1. The monoisotopic (exact) mass is 330 g/mol. The fourth-order valence-electron chi connectivity index (χ4n) is 4.20. The van der Waals surface area contributed by atoms with E-state index in [1.54, 1.807) is 11.1 Å². The van der Waals surface area contributed by atoms with Crippen molar-refractivity contribution in [3.63, 3.8) is 0 Å². The first-order valence-corrected chi connectivity index (χ1v) is 8.57. The summed E-state index contributed by atoms with van der Waals surface area (Å²) in [5.74, 6) is 0.501. The highest BCUT2D eigenvalue weighted by Gasteiger charge is 2.58. The zero-order valence-corrected chi connectivity index (χ0v) is 14.7. The van der Waals surface area contributed by atoms with E-state index in [0.717, 1.165) is 18.7 Å². The molecule has 2 saturated heterocycles. The van der Waals surface area contributed by atoms with Crippen molar-refractivity contribution in [1.29, 1.82) is 0 Å². The summed E-state index contributed by atoms with van der Waals surface area (Å²) in [7, 11) is 3.62. The minimum Gasteiger partial charge on any atom is -0.348 e. The molecule has 1 aromatic rings. The number of nitrogens with zero attached hydrogens (tertiary/aromatic N) is 4. The Labute approximate surface area is 143 Å². The minimum absolute atomic E-state index is 0.146. The van der Waals surface area contributed by atoms with Crippen LogP contribution < -0.4 is 0 Å². The van der Waals surface area contributed by atoms with Crippen LogP contribution >= 0.6 is 0 Å². The summed E-state index contributed by atoms with van der Waals surface area (Å²) in [5, 5.41) is 0. The molecule has 2 amide bonds. The van der Waals surface area contributed by atoms with Crippen LogP contribution in [0.2, 0.25) is 0 Å². The number of carbonyl (C=O) groups excluding carboxylic acids is 2. The van der Waals surface area contributed by atoms with E-state index in [0.29, 0.717) is 26.1 Å². The summed E-state index contributed by atoms with van der Waals surface area (Å²) in [5.41, 5.74) is 0.697. The third kappa shape index (κ3) is 2.90. The highest BCUT2D eigenvalue weighted by Crippen LogP contribution is 2.44. The highest BCUT2D eigenvalue weighted by molar-refractivity contribution is 5.86. The lowest BCUT2D eigenvalue weighted by molar-refractivity contribution is -0.140. The molecule has 1 aromatic heterocycles. The molecule has 2 aliphatic heterocycles. The van der Waals surface area contributed by atoms with E-state index >= 15 is 0 Å². The molecular weight excluding hydrogens is 304 g/mol. The first-order chi connectivity index (χ1) is 11.5. The number of rotatable bonds is 4. The molecule has 2 fully saturated rings. The van der Waals surface area contributed by atoms with E-state index in [2.05, 4.69) is 16.0 Å². The number of carbonyl (C=O) groups is 2. The topological polar surface area (TPSA) is 56.8 Å². The van der Waals surface area contributed by atoms with Gasteiger partial charge in [-0.1, -0.05) is 13.0 Å². The zero-order chi connectivity index (χ0) is 17.3. The number of hydrogen-bond donors (Lipinski definition) is 0. The summed E-state index contributed by atoms with van der Waals surface area (Å²) in [6, 6.07) is 4.00. The molecule has 0 bridgehead atoms. The van der Waals surface area contributed by atoms with Crippen molar-refractivity contribution in [1.82, 2.24) is 19.7 Å².